The number of aliphatic hydroxyl groups is 1. The number of anilines is 1. The van der Waals surface area contributed by atoms with Crippen molar-refractivity contribution < 1.29 is 9.90 Å². The maximum Gasteiger partial charge on any atom is 0.321 e. The van der Waals surface area contributed by atoms with Crippen LogP contribution in [-0.4, -0.2) is 42.0 Å². The predicted octanol–water partition coefficient (Wildman–Crippen LogP) is 2.91. The quantitative estimate of drug-likeness (QED) is 0.819. The molecule has 0 fully saturated rings. The number of thioether (sulfide) groups is 1. The summed E-state index contributed by atoms with van der Waals surface area (Å²) in [6.07, 6.45) is 0. The van der Waals surface area contributed by atoms with Crippen molar-refractivity contribution in [3.8, 4) is 0 Å². The number of aliphatic hydroxyl groups excluding tert-OH is 1. The monoisotopic (exact) mass is 288 g/mol. The third kappa shape index (κ3) is 4.40. The van der Waals surface area contributed by atoms with Crippen LogP contribution in [0.1, 0.15) is 6.92 Å². The molecular formula is C12H17ClN2O2S. The molecule has 0 spiro atoms. The molecule has 0 saturated carbocycles. The van der Waals surface area contributed by atoms with Gasteiger partial charge in [0.2, 0.25) is 0 Å². The number of halogens is 1. The average Bonchev–Trinajstić information content (AvgIpc) is 2.33. The van der Waals surface area contributed by atoms with E-state index in [4.69, 9.17) is 16.7 Å². The molecule has 1 aromatic rings. The Labute approximate surface area is 116 Å². The fourth-order valence-corrected chi connectivity index (χ4v) is 2.26. The molecule has 0 aliphatic rings. The van der Waals surface area contributed by atoms with E-state index in [9.17, 15) is 4.79 Å². The van der Waals surface area contributed by atoms with Crippen LogP contribution in [0.5, 0.6) is 0 Å². The SMILES string of the molecule is CCSc1ccc(Cl)cc1NC(=O)N(C)CCO. The Morgan fingerprint density at radius 1 is 1.56 bits per heavy atom. The van der Waals surface area contributed by atoms with Gasteiger partial charge < -0.3 is 15.3 Å². The average molecular weight is 289 g/mol. The van der Waals surface area contributed by atoms with E-state index in [-0.39, 0.29) is 12.6 Å². The van der Waals surface area contributed by atoms with E-state index in [1.807, 2.05) is 13.0 Å². The summed E-state index contributed by atoms with van der Waals surface area (Å²) >= 11 is 7.56. The van der Waals surface area contributed by atoms with Crippen molar-refractivity contribution in [1.82, 2.24) is 4.90 Å². The van der Waals surface area contributed by atoms with Crippen LogP contribution in [0.25, 0.3) is 0 Å². The highest BCUT2D eigenvalue weighted by Gasteiger charge is 2.11. The number of urea groups is 1. The molecule has 0 unspecified atom stereocenters. The van der Waals surface area contributed by atoms with Gasteiger partial charge in [-0.3, -0.25) is 0 Å². The number of hydrogen-bond acceptors (Lipinski definition) is 3. The first kappa shape index (κ1) is 15.1. The van der Waals surface area contributed by atoms with Crippen molar-refractivity contribution in [2.75, 3.05) is 31.3 Å². The fraction of sp³-hybridized carbons (Fsp3) is 0.417. The first-order valence-corrected chi connectivity index (χ1v) is 7.00. The van der Waals surface area contributed by atoms with E-state index < -0.39 is 0 Å². The van der Waals surface area contributed by atoms with Gasteiger partial charge in [-0.1, -0.05) is 18.5 Å². The van der Waals surface area contributed by atoms with Crippen molar-refractivity contribution in [2.45, 2.75) is 11.8 Å². The Hall–Kier alpha value is -0.910. The second-order valence-electron chi connectivity index (χ2n) is 3.65. The molecule has 2 amide bonds. The summed E-state index contributed by atoms with van der Waals surface area (Å²) in [7, 11) is 1.63. The lowest BCUT2D eigenvalue weighted by Gasteiger charge is -2.18. The second-order valence-corrected chi connectivity index (χ2v) is 5.39. The van der Waals surface area contributed by atoms with Crippen molar-refractivity contribution in [1.29, 1.82) is 0 Å². The van der Waals surface area contributed by atoms with Crippen molar-refractivity contribution in [3.05, 3.63) is 23.2 Å². The standard InChI is InChI=1S/C12H17ClN2O2S/c1-3-18-11-5-4-9(13)8-10(11)14-12(17)15(2)6-7-16/h4-5,8,16H,3,6-7H2,1-2H3,(H,14,17). The van der Waals surface area contributed by atoms with Gasteiger partial charge in [0.05, 0.1) is 12.3 Å². The van der Waals surface area contributed by atoms with Gasteiger partial charge in [0, 0.05) is 23.5 Å². The Morgan fingerprint density at radius 2 is 2.28 bits per heavy atom. The molecule has 100 valence electrons. The lowest BCUT2D eigenvalue weighted by Crippen LogP contribution is -2.33. The highest BCUT2D eigenvalue weighted by Crippen LogP contribution is 2.29. The highest BCUT2D eigenvalue weighted by atomic mass is 35.5. The molecule has 0 bridgehead atoms. The largest absolute Gasteiger partial charge is 0.395 e. The molecule has 18 heavy (non-hydrogen) atoms. The number of nitrogens with one attached hydrogen (secondary N) is 1. The van der Waals surface area contributed by atoms with Gasteiger partial charge in [-0.15, -0.1) is 11.8 Å². The molecule has 0 saturated heterocycles. The fourth-order valence-electron chi connectivity index (χ4n) is 1.34. The van der Waals surface area contributed by atoms with Crippen molar-refractivity contribution in [2.24, 2.45) is 0 Å². The van der Waals surface area contributed by atoms with Crippen LogP contribution in [0.3, 0.4) is 0 Å². The minimum atomic E-state index is -0.260. The molecule has 0 aliphatic heterocycles. The first-order valence-electron chi connectivity index (χ1n) is 5.63. The smallest absolute Gasteiger partial charge is 0.321 e. The van der Waals surface area contributed by atoms with E-state index in [0.717, 1.165) is 10.6 Å². The number of benzene rings is 1. The second kappa shape index (κ2) is 7.51. The van der Waals surface area contributed by atoms with Gasteiger partial charge in [0.25, 0.3) is 0 Å². The van der Waals surface area contributed by atoms with Gasteiger partial charge in [-0.05, 0) is 24.0 Å². The first-order chi connectivity index (χ1) is 8.58. The molecule has 4 nitrogen and oxygen atoms in total. The summed E-state index contributed by atoms with van der Waals surface area (Å²) in [5.74, 6) is 0.914. The van der Waals surface area contributed by atoms with E-state index in [0.29, 0.717) is 17.3 Å². The van der Waals surface area contributed by atoms with Crippen molar-refractivity contribution in [3.63, 3.8) is 0 Å². The van der Waals surface area contributed by atoms with Crippen LogP contribution >= 0.6 is 23.4 Å². The van der Waals surface area contributed by atoms with Crippen LogP contribution in [0.2, 0.25) is 5.02 Å². The molecule has 0 heterocycles. The van der Waals surface area contributed by atoms with Crippen LogP contribution < -0.4 is 5.32 Å². The highest BCUT2D eigenvalue weighted by molar-refractivity contribution is 7.99. The summed E-state index contributed by atoms with van der Waals surface area (Å²) in [5, 5.41) is 12.2. The van der Waals surface area contributed by atoms with Gasteiger partial charge >= 0.3 is 6.03 Å². The summed E-state index contributed by atoms with van der Waals surface area (Å²) in [6.45, 7) is 2.28. The Kier molecular flexibility index (Phi) is 6.32. The number of rotatable bonds is 5. The minimum Gasteiger partial charge on any atom is -0.395 e. The van der Waals surface area contributed by atoms with Gasteiger partial charge in [-0.25, -0.2) is 4.79 Å². The van der Waals surface area contributed by atoms with Gasteiger partial charge in [0.1, 0.15) is 0 Å². The summed E-state index contributed by atoms with van der Waals surface area (Å²) < 4.78 is 0. The normalized spacial score (nSPS) is 10.2. The number of likely N-dealkylation sites (N-methyl/N-ethyl adjacent to an activating group) is 1. The Bertz CT molecular complexity index is 415. The number of hydrogen-bond donors (Lipinski definition) is 2. The molecular weight excluding hydrogens is 272 g/mol. The molecule has 0 radical (unpaired) electrons. The van der Waals surface area contributed by atoms with Gasteiger partial charge in [-0.2, -0.15) is 0 Å². The summed E-state index contributed by atoms with van der Waals surface area (Å²) in [6, 6.07) is 5.15. The number of nitrogens with zero attached hydrogens (tertiary/aromatic N) is 1. The number of carbonyl (C=O) groups is 1. The van der Waals surface area contributed by atoms with Crippen LogP contribution in [0.4, 0.5) is 10.5 Å². The summed E-state index contributed by atoms with van der Waals surface area (Å²) in [5.41, 5.74) is 0.698. The van der Waals surface area contributed by atoms with E-state index in [2.05, 4.69) is 5.32 Å². The lowest BCUT2D eigenvalue weighted by atomic mass is 10.3. The molecule has 0 aromatic heterocycles. The number of carbonyl (C=O) groups excluding carboxylic acids is 1. The van der Waals surface area contributed by atoms with E-state index in [1.165, 1.54) is 4.90 Å². The topological polar surface area (TPSA) is 52.6 Å². The zero-order valence-corrected chi connectivity index (χ0v) is 12.0. The zero-order valence-electron chi connectivity index (χ0n) is 10.4. The van der Waals surface area contributed by atoms with Crippen LogP contribution in [-0.2, 0) is 0 Å². The maximum absolute atomic E-state index is 11.8. The van der Waals surface area contributed by atoms with Crippen LogP contribution in [0.15, 0.2) is 23.1 Å². The summed E-state index contributed by atoms with van der Waals surface area (Å²) in [4.78, 5) is 14.2. The third-order valence-electron chi connectivity index (χ3n) is 2.27. The third-order valence-corrected chi connectivity index (χ3v) is 3.46. The zero-order chi connectivity index (χ0) is 13.5. The Balaban J connectivity index is 2.81. The molecule has 1 aromatic carbocycles. The molecule has 2 N–H and O–H groups in total. The maximum atomic E-state index is 11.8. The predicted molar refractivity (Wildman–Crippen MR) is 76.6 cm³/mol. The Morgan fingerprint density at radius 3 is 2.89 bits per heavy atom. The molecule has 0 atom stereocenters. The number of amides is 2. The minimum absolute atomic E-state index is 0.0595. The van der Waals surface area contributed by atoms with E-state index >= 15 is 0 Å². The molecule has 6 heteroatoms. The lowest BCUT2D eigenvalue weighted by molar-refractivity contribution is 0.202. The van der Waals surface area contributed by atoms with Gasteiger partial charge in [0.15, 0.2) is 0 Å². The molecule has 1 rings (SSSR count). The van der Waals surface area contributed by atoms with Crippen molar-refractivity contribution >= 4 is 35.1 Å². The van der Waals surface area contributed by atoms with E-state index in [1.54, 1.807) is 30.9 Å². The molecule has 0 aliphatic carbocycles. The van der Waals surface area contributed by atoms with Crippen LogP contribution in [0, 0.1) is 0 Å².